The third-order valence-electron chi connectivity index (χ3n) is 7.62. The second-order valence-corrected chi connectivity index (χ2v) is 10.3. The minimum atomic E-state index is -0.835. The van der Waals surface area contributed by atoms with Gasteiger partial charge in [-0.2, -0.15) is 0 Å². The zero-order chi connectivity index (χ0) is 23.8. The molecule has 0 radical (unpaired) electrons. The summed E-state index contributed by atoms with van der Waals surface area (Å²) >= 11 is 0. The molecule has 3 aliphatic rings. The molecule has 1 aromatic rings. The molecule has 2 aliphatic heterocycles. The molecule has 0 unspecified atom stereocenters. The van der Waals surface area contributed by atoms with Crippen molar-refractivity contribution in [2.75, 3.05) is 32.7 Å². The average Bonchev–Trinajstić information content (AvgIpc) is 3.05. The van der Waals surface area contributed by atoms with Gasteiger partial charge >= 0.3 is 6.03 Å². The van der Waals surface area contributed by atoms with E-state index in [-0.39, 0.29) is 24.3 Å². The summed E-state index contributed by atoms with van der Waals surface area (Å²) in [6.07, 6.45) is 3.04. The summed E-state index contributed by atoms with van der Waals surface area (Å²) in [7, 11) is 0. The first-order chi connectivity index (χ1) is 15.6. The van der Waals surface area contributed by atoms with E-state index < -0.39 is 17.0 Å². The molecule has 1 aliphatic carbocycles. The van der Waals surface area contributed by atoms with Crippen LogP contribution in [0.15, 0.2) is 30.3 Å². The van der Waals surface area contributed by atoms with Gasteiger partial charge in [-0.15, -0.1) is 0 Å². The van der Waals surface area contributed by atoms with Crippen LogP contribution in [-0.2, 0) is 19.8 Å². The van der Waals surface area contributed by atoms with Gasteiger partial charge in [-0.05, 0) is 51.0 Å². The van der Waals surface area contributed by atoms with Crippen LogP contribution in [-0.4, -0.2) is 76.7 Å². The average molecular weight is 455 g/mol. The predicted octanol–water partition coefficient (Wildman–Crippen LogP) is 2.14. The van der Waals surface area contributed by atoms with Crippen LogP contribution in [0.4, 0.5) is 4.79 Å². The molecule has 8 nitrogen and oxygen atoms in total. The first-order valence-electron chi connectivity index (χ1n) is 11.9. The van der Waals surface area contributed by atoms with Crippen molar-refractivity contribution in [1.82, 2.24) is 20.0 Å². The molecule has 5 amide bonds. The van der Waals surface area contributed by atoms with Gasteiger partial charge in [0.2, 0.25) is 11.8 Å². The summed E-state index contributed by atoms with van der Waals surface area (Å²) in [6, 6.07) is 9.21. The summed E-state index contributed by atoms with van der Waals surface area (Å²) < 4.78 is 0. The lowest BCUT2D eigenvalue weighted by Gasteiger charge is -2.39. The molecule has 2 heterocycles. The fourth-order valence-corrected chi connectivity index (χ4v) is 5.18. The quantitative estimate of drug-likeness (QED) is 0.706. The molecule has 1 saturated carbocycles. The maximum absolute atomic E-state index is 13.2. The highest BCUT2D eigenvalue weighted by Gasteiger charge is 2.52. The summed E-state index contributed by atoms with van der Waals surface area (Å²) in [5.41, 5.74) is -0.532. The number of carbonyl (C=O) groups is 4. The predicted molar refractivity (Wildman–Crippen MR) is 123 cm³/mol. The smallest absolute Gasteiger partial charge is 0.325 e. The standard InChI is InChI=1S/C25H34N4O4/c1-18-9-11-25(12-10-18)22(32)29(23(33)26-25)17-20(30)27-13-15-28(16-14-27)21(31)24(2,3)19-7-5-4-6-8-19/h4-8,18H,9-17H2,1-3H3,(H,26,33). The molecule has 2 saturated heterocycles. The van der Waals surface area contributed by atoms with Gasteiger partial charge in [-0.1, -0.05) is 37.3 Å². The Kier molecular flexibility index (Phi) is 6.20. The SMILES string of the molecule is CC1CCC2(CC1)NC(=O)N(CC(=O)N1CCN(C(=O)C(C)(C)c3ccccc3)CC1)C2=O. The molecule has 0 aromatic heterocycles. The number of piperazine rings is 1. The second-order valence-electron chi connectivity index (χ2n) is 10.3. The molecule has 1 N–H and O–H groups in total. The molecule has 3 fully saturated rings. The van der Waals surface area contributed by atoms with Gasteiger partial charge in [0.25, 0.3) is 5.91 Å². The summed E-state index contributed by atoms with van der Waals surface area (Å²) in [4.78, 5) is 56.1. The van der Waals surface area contributed by atoms with Crippen LogP contribution < -0.4 is 5.32 Å². The first kappa shape index (κ1) is 23.3. The van der Waals surface area contributed by atoms with Crippen molar-refractivity contribution in [2.24, 2.45) is 5.92 Å². The van der Waals surface area contributed by atoms with E-state index >= 15 is 0 Å². The Morgan fingerprint density at radius 2 is 1.58 bits per heavy atom. The maximum Gasteiger partial charge on any atom is 0.325 e. The largest absolute Gasteiger partial charge is 0.338 e. The summed E-state index contributed by atoms with van der Waals surface area (Å²) in [6.45, 7) is 7.39. The Hall–Kier alpha value is -2.90. The van der Waals surface area contributed by atoms with E-state index in [1.165, 1.54) is 0 Å². The van der Waals surface area contributed by atoms with Crippen molar-refractivity contribution < 1.29 is 19.2 Å². The van der Waals surface area contributed by atoms with Gasteiger partial charge in [0.05, 0.1) is 5.41 Å². The zero-order valence-corrected chi connectivity index (χ0v) is 19.8. The topological polar surface area (TPSA) is 90.0 Å². The number of benzene rings is 1. The molecule has 1 spiro atoms. The van der Waals surface area contributed by atoms with Crippen LogP contribution in [0.2, 0.25) is 0 Å². The molecule has 33 heavy (non-hydrogen) atoms. The minimum Gasteiger partial charge on any atom is -0.338 e. The number of nitrogens with zero attached hydrogens (tertiary/aromatic N) is 3. The van der Waals surface area contributed by atoms with Gasteiger partial charge < -0.3 is 15.1 Å². The lowest BCUT2D eigenvalue weighted by molar-refractivity contribution is -0.144. The minimum absolute atomic E-state index is 0.0309. The number of rotatable bonds is 4. The molecule has 8 heteroatoms. The Balaban J connectivity index is 1.33. The number of urea groups is 1. The van der Waals surface area contributed by atoms with Gasteiger partial charge in [0.15, 0.2) is 0 Å². The van der Waals surface area contributed by atoms with Gasteiger partial charge in [0.1, 0.15) is 12.1 Å². The molecular weight excluding hydrogens is 420 g/mol. The van der Waals surface area contributed by atoms with Crippen LogP contribution in [0.25, 0.3) is 0 Å². The van der Waals surface area contributed by atoms with Crippen molar-refractivity contribution >= 4 is 23.8 Å². The van der Waals surface area contributed by atoms with Crippen LogP contribution in [0, 0.1) is 5.92 Å². The number of imide groups is 1. The fourth-order valence-electron chi connectivity index (χ4n) is 5.18. The van der Waals surface area contributed by atoms with Gasteiger partial charge in [-0.3, -0.25) is 19.3 Å². The number of hydrogen-bond donors (Lipinski definition) is 1. The highest BCUT2D eigenvalue weighted by molar-refractivity contribution is 6.09. The van der Waals surface area contributed by atoms with E-state index in [4.69, 9.17) is 0 Å². The molecule has 0 bridgehead atoms. The maximum atomic E-state index is 13.2. The lowest BCUT2D eigenvalue weighted by atomic mass is 9.77. The summed E-state index contributed by atoms with van der Waals surface area (Å²) in [5.74, 6) is 0.0468. The molecule has 1 aromatic carbocycles. The van der Waals surface area contributed by atoms with E-state index in [1.807, 2.05) is 44.2 Å². The third-order valence-corrected chi connectivity index (χ3v) is 7.62. The highest BCUT2D eigenvalue weighted by atomic mass is 16.2. The monoisotopic (exact) mass is 454 g/mol. The number of nitrogens with one attached hydrogen (secondary N) is 1. The number of carbonyl (C=O) groups excluding carboxylic acids is 4. The van der Waals surface area contributed by atoms with E-state index in [0.717, 1.165) is 23.3 Å². The molecule has 178 valence electrons. The fraction of sp³-hybridized carbons (Fsp3) is 0.600. The van der Waals surface area contributed by atoms with Crippen molar-refractivity contribution in [3.8, 4) is 0 Å². The first-order valence-corrected chi connectivity index (χ1v) is 11.9. The van der Waals surface area contributed by atoms with Crippen molar-refractivity contribution in [2.45, 2.75) is 57.4 Å². The van der Waals surface area contributed by atoms with E-state index in [2.05, 4.69) is 12.2 Å². The second kappa shape index (κ2) is 8.80. The molecule has 4 rings (SSSR count). The van der Waals surface area contributed by atoms with Crippen LogP contribution >= 0.6 is 0 Å². The highest BCUT2D eigenvalue weighted by Crippen LogP contribution is 2.36. The third kappa shape index (κ3) is 4.35. The van der Waals surface area contributed by atoms with Crippen molar-refractivity contribution in [3.05, 3.63) is 35.9 Å². The molecular formula is C25H34N4O4. The lowest BCUT2D eigenvalue weighted by Crippen LogP contribution is -2.56. The van der Waals surface area contributed by atoms with Crippen molar-refractivity contribution in [3.63, 3.8) is 0 Å². The van der Waals surface area contributed by atoms with Crippen LogP contribution in [0.3, 0.4) is 0 Å². The number of amides is 5. The van der Waals surface area contributed by atoms with Crippen LogP contribution in [0.5, 0.6) is 0 Å². The summed E-state index contributed by atoms with van der Waals surface area (Å²) in [5, 5.41) is 2.87. The Morgan fingerprint density at radius 1 is 1.00 bits per heavy atom. The normalized spacial score (nSPS) is 26.0. The van der Waals surface area contributed by atoms with Crippen molar-refractivity contribution in [1.29, 1.82) is 0 Å². The molecule has 0 atom stereocenters. The van der Waals surface area contributed by atoms with E-state index in [1.54, 1.807) is 9.80 Å². The van der Waals surface area contributed by atoms with Crippen LogP contribution in [0.1, 0.15) is 52.0 Å². The Labute approximate surface area is 195 Å². The zero-order valence-electron chi connectivity index (χ0n) is 19.8. The van der Waals surface area contributed by atoms with E-state index in [0.29, 0.717) is 44.9 Å². The van der Waals surface area contributed by atoms with Gasteiger partial charge in [0, 0.05) is 26.2 Å². The Morgan fingerprint density at radius 3 is 2.18 bits per heavy atom. The van der Waals surface area contributed by atoms with Gasteiger partial charge in [-0.25, -0.2) is 4.79 Å². The van der Waals surface area contributed by atoms with E-state index in [9.17, 15) is 19.2 Å². The Bertz CT molecular complexity index is 929. The number of hydrogen-bond acceptors (Lipinski definition) is 4.